The number of quaternary nitrogens is 2. The molecule has 0 aliphatic rings. The molecule has 3 aromatic rings. The van der Waals surface area contributed by atoms with E-state index in [1.807, 2.05) is 25.2 Å². The molecular formula is C20H26N2O2S+2. The number of rotatable bonds is 6. The molecule has 4 nitrogen and oxygen atoms in total. The highest BCUT2D eigenvalue weighted by atomic mass is 32.1. The zero-order chi connectivity index (χ0) is 18.0. The van der Waals surface area contributed by atoms with Crippen LogP contribution in [0.3, 0.4) is 0 Å². The Labute approximate surface area is 152 Å². The summed E-state index contributed by atoms with van der Waals surface area (Å²) in [6.07, 6.45) is 0. The van der Waals surface area contributed by atoms with Gasteiger partial charge in [-0.1, -0.05) is 18.2 Å². The molecule has 1 aromatic carbocycles. The number of nitrogens with two attached hydrogens (primary N) is 1. The molecule has 25 heavy (non-hydrogen) atoms. The quantitative estimate of drug-likeness (QED) is 0.655. The van der Waals surface area contributed by atoms with E-state index < -0.39 is 0 Å². The highest BCUT2D eigenvalue weighted by molar-refractivity contribution is 7.10. The Bertz CT molecular complexity index is 913. The summed E-state index contributed by atoms with van der Waals surface area (Å²) in [4.78, 5) is 14.8. The Morgan fingerprint density at radius 3 is 2.72 bits per heavy atom. The summed E-state index contributed by atoms with van der Waals surface area (Å²) in [5, 5.41) is 5.47. The van der Waals surface area contributed by atoms with Crippen LogP contribution in [0.2, 0.25) is 0 Å². The first kappa shape index (κ1) is 17.9. The predicted molar refractivity (Wildman–Crippen MR) is 102 cm³/mol. The van der Waals surface area contributed by atoms with Crippen molar-refractivity contribution in [1.29, 1.82) is 0 Å². The maximum Gasteiger partial charge on any atom is 0.336 e. The van der Waals surface area contributed by atoms with Gasteiger partial charge in [-0.3, -0.25) is 0 Å². The number of hydrogen-bond donors (Lipinski definition) is 2. The maximum absolute atomic E-state index is 12.0. The van der Waals surface area contributed by atoms with Crippen molar-refractivity contribution in [3.63, 3.8) is 0 Å². The second-order valence-electron chi connectivity index (χ2n) is 6.85. The third-order valence-electron chi connectivity index (χ3n) is 4.87. The van der Waals surface area contributed by atoms with Crippen LogP contribution in [0, 0.1) is 13.8 Å². The lowest BCUT2D eigenvalue weighted by Gasteiger charge is -2.19. The van der Waals surface area contributed by atoms with Crippen molar-refractivity contribution in [2.75, 3.05) is 20.6 Å². The lowest BCUT2D eigenvalue weighted by atomic mass is 10.0. The first-order valence-electron chi connectivity index (χ1n) is 8.65. The largest absolute Gasteiger partial charge is 0.422 e. The fourth-order valence-electron chi connectivity index (χ4n) is 3.22. The number of thiophene rings is 1. The van der Waals surface area contributed by atoms with Crippen molar-refractivity contribution in [3.8, 4) is 0 Å². The van der Waals surface area contributed by atoms with Gasteiger partial charge in [-0.05, 0) is 36.4 Å². The van der Waals surface area contributed by atoms with Gasteiger partial charge in [0.05, 0.1) is 19.0 Å². The van der Waals surface area contributed by atoms with E-state index in [0.717, 1.165) is 40.7 Å². The van der Waals surface area contributed by atoms with Gasteiger partial charge in [0, 0.05) is 17.0 Å². The van der Waals surface area contributed by atoms with Crippen LogP contribution in [0.4, 0.5) is 0 Å². The Morgan fingerprint density at radius 1 is 1.24 bits per heavy atom. The molecule has 0 aliphatic carbocycles. The van der Waals surface area contributed by atoms with Gasteiger partial charge in [-0.15, -0.1) is 11.3 Å². The molecule has 0 bridgehead atoms. The SMILES string of the molecule is Cc1ccc2c(C[NH2+]C[C@H](c3cccs3)[NH+](C)C)cc(=O)oc2c1C. The van der Waals surface area contributed by atoms with Gasteiger partial charge >= 0.3 is 5.63 Å². The Balaban J connectivity index is 1.81. The molecule has 3 N–H and O–H groups in total. The average molecular weight is 359 g/mol. The third-order valence-corrected chi connectivity index (χ3v) is 5.85. The minimum atomic E-state index is -0.266. The van der Waals surface area contributed by atoms with Gasteiger partial charge in [0.25, 0.3) is 0 Å². The summed E-state index contributed by atoms with van der Waals surface area (Å²) in [5.74, 6) is 0. The van der Waals surface area contributed by atoms with E-state index in [2.05, 4.69) is 49.1 Å². The molecule has 1 atom stereocenters. The monoisotopic (exact) mass is 358 g/mol. The van der Waals surface area contributed by atoms with Crippen LogP contribution in [-0.2, 0) is 6.54 Å². The molecule has 2 heterocycles. The van der Waals surface area contributed by atoms with Crippen molar-refractivity contribution in [1.82, 2.24) is 0 Å². The van der Waals surface area contributed by atoms with Gasteiger partial charge < -0.3 is 14.6 Å². The smallest absolute Gasteiger partial charge is 0.336 e. The summed E-state index contributed by atoms with van der Waals surface area (Å²) in [6, 6.07) is 10.6. The summed E-state index contributed by atoms with van der Waals surface area (Å²) >= 11 is 1.81. The van der Waals surface area contributed by atoms with Gasteiger partial charge in [0.15, 0.2) is 6.04 Å². The maximum atomic E-state index is 12.0. The lowest BCUT2D eigenvalue weighted by molar-refractivity contribution is -0.910. The molecule has 132 valence electrons. The zero-order valence-corrected chi connectivity index (χ0v) is 16.1. The van der Waals surface area contributed by atoms with Crippen LogP contribution in [-0.4, -0.2) is 20.6 Å². The topological polar surface area (TPSA) is 51.3 Å². The highest BCUT2D eigenvalue weighted by Gasteiger charge is 2.21. The summed E-state index contributed by atoms with van der Waals surface area (Å²) < 4.78 is 5.47. The summed E-state index contributed by atoms with van der Waals surface area (Å²) in [7, 11) is 4.38. The average Bonchev–Trinajstić information content (AvgIpc) is 3.09. The Morgan fingerprint density at radius 2 is 2.04 bits per heavy atom. The molecule has 0 fully saturated rings. The number of hydrogen-bond acceptors (Lipinski definition) is 3. The van der Waals surface area contributed by atoms with Crippen LogP contribution in [0.5, 0.6) is 0 Å². The first-order chi connectivity index (χ1) is 12.0. The Hall–Kier alpha value is -1.95. The fraction of sp³-hybridized carbons (Fsp3) is 0.350. The van der Waals surface area contributed by atoms with Crippen LogP contribution in [0.1, 0.15) is 27.6 Å². The molecule has 0 radical (unpaired) electrons. The number of fused-ring (bicyclic) bond motifs is 1. The molecule has 0 unspecified atom stereocenters. The van der Waals surface area contributed by atoms with E-state index >= 15 is 0 Å². The van der Waals surface area contributed by atoms with E-state index in [9.17, 15) is 4.79 Å². The minimum absolute atomic E-state index is 0.266. The van der Waals surface area contributed by atoms with E-state index in [-0.39, 0.29) is 5.63 Å². The second kappa shape index (κ2) is 7.52. The van der Waals surface area contributed by atoms with Crippen molar-refractivity contribution in [2.45, 2.75) is 26.4 Å². The molecule has 0 aliphatic heterocycles. The zero-order valence-electron chi connectivity index (χ0n) is 15.3. The molecule has 0 saturated heterocycles. The fourth-order valence-corrected chi connectivity index (χ4v) is 4.19. The second-order valence-corrected chi connectivity index (χ2v) is 7.83. The van der Waals surface area contributed by atoms with Crippen LogP contribution in [0.15, 0.2) is 44.9 Å². The molecule has 5 heteroatoms. The van der Waals surface area contributed by atoms with Crippen molar-refractivity contribution in [3.05, 3.63) is 67.7 Å². The van der Waals surface area contributed by atoms with Crippen molar-refractivity contribution >= 4 is 22.3 Å². The van der Waals surface area contributed by atoms with Gasteiger partial charge in [-0.2, -0.15) is 0 Å². The van der Waals surface area contributed by atoms with Crippen molar-refractivity contribution in [2.24, 2.45) is 0 Å². The number of nitrogens with one attached hydrogen (secondary N) is 1. The number of benzene rings is 1. The van der Waals surface area contributed by atoms with E-state index in [1.165, 1.54) is 9.78 Å². The summed E-state index contributed by atoms with van der Waals surface area (Å²) in [6.45, 7) is 5.81. The molecule has 3 rings (SSSR count). The van der Waals surface area contributed by atoms with E-state index in [0.29, 0.717) is 6.04 Å². The number of likely N-dealkylation sites (N-methyl/N-ethyl adjacent to an activating group) is 1. The Kier molecular flexibility index (Phi) is 5.37. The van der Waals surface area contributed by atoms with Gasteiger partial charge in [0.2, 0.25) is 0 Å². The lowest BCUT2D eigenvalue weighted by Crippen LogP contribution is -3.09. The first-order valence-corrected chi connectivity index (χ1v) is 9.53. The number of aryl methyl sites for hydroxylation is 2. The molecule has 0 saturated carbocycles. The highest BCUT2D eigenvalue weighted by Crippen LogP contribution is 2.22. The third kappa shape index (κ3) is 3.84. The minimum Gasteiger partial charge on any atom is -0.422 e. The molecule has 0 spiro atoms. The molecular weight excluding hydrogens is 332 g/mol. The van der Waals surface area contributed by atoms with Crippen LogP contribution >= 0.6 is 11.3 Å². The summed E-state index contributed by atoms with van der Waals surface area (Å²) in [5.41, 5.74) is 3.70. The van der Waals surface area contributed by atoms with E-state index in [4.69, 9.17) is 4.42 Å². The predicted octanol–water partition coefficient (Wildman–Crippen LogP) is 1.42. The molecule has 0 amide bonds. The normalized spacial score (nSPS) is 12.8. The van der Waals surface area contributed by atoms with Gasteiger partial charge in [-0.25, -0.2) is 4.79 Å². The van der Waals surface area contributed by atoms with Gasteiger partial charge in [0.1, 0.15) is 18.7 Å². The van der Waals surface area contributed by atoms with Crippen LogP contribution in [0.25, 0.3) is 11.0 Å². The van der Waals surface area contributed by atoms with Crippen molar-refractivity contribution < 1.29 is 14.6 Å². The van der Waals surface area contributed by atoms with E-state index in [1.54, 1.807) is 6.07 Å². The standard InChI is InChI=1S/C20H24N2O2S/c1-13-7-8-16-15(10-19(23)24-20(16)14(13)2)11-21-12-17(22(3)4)18-6-5-9-25-18/h5-10,17,21H,11-12H2,1-4H3/p+2/t17-/m1/s1. The molecule has 2 aromatic heterocycles. The van der Waals surface area contributed by atoms with Crippen LogP contribution < -0.4 is 15.8 Å².